The SMILES string of the molecule is CCCCCCCCCCCCCCC[13CH2]O. The third-order valence-electron chi connectivity index (χ3n) is 3.51. The Bertz CT molecular complexity index is 109. The average Bonchev–Trinajstić information content (AvgIpc) is 2.35. The third kappa shape index (κ3) is 16.0. The Hall–Kier alpha value is -0.0400. The summed E-state index contributed by atoms with van der Waals surface area (Å²) in [4.78, 5) is 0. The molecule has 1 heteroatoms. The Balaban J connectivity index is 2.85. The van der Waals surface area contributed by atoms with Crippen LogP contribution in [0.15, 0.2) is 0 Å². The van der Waals surface area contributed by atoms with Crippen LogP contribution in [0.1, 0.15) is 96.8 Å². The molecule has 0 heterocycles. The molecule has 0 radical (unpaired) electrons. The Kier molecular flexibility index (Phi) is 15.9. The first-order chi connectivity index (χ1) is 8.41. The van der Waals surface area contributed by atoms with E-state index in [1.807, 2.05) is 0 Å². The third-order valence-corrected chi connectivity index (χ3v) is 3.51. The van der Waals surface area contributed by atoms with Gasteiger partial charge in [-0.15, -0.1) is 0 Å². The molecule has 0 saturated heterocycles. The van der Waals surface area contributed by atoms with Crippen LogP contribution < -0.4 is 0 Å². The van der Waals surface area contributed by atoms with Gasteiger partial charge in [-0.2, -0.15) is 0 Å². The molecule has 0 aromatic carbocycles. The number of hydrogen-bond acceptors (Lipinski definition) is 1. The maximum atomic E-state index is 8.64. The summed E-state index contributed by atoms with van der Waals surface area (Å²) in [6, 6.07) is 0. The lowest BCUT2D eigenvalue weighted by molar-refractivity contribution is 0.282. The van der Waals surface area contributed by atoms with E-state index < -0.39 is 0 Å². The van der Waals surface area contributed by atoms with Gasteiger partial charge in [0.15, 0.2) is 0 Å². The van der Waals surface area contributed by atoms with Crippen molar-refractivity contribution >= 4 is 0 Å². The van der Waals surface area contributed by atoms with Crippen LogP contribution in [0.5, 0.6) is 0 Å². The molecule has 0 saturated carbocycles. The molecule has 0 aromatic rings. The van der Waals surface area contributed by atoms with Crippen molar-refractivity contribution in [1.82, 2.24) is 0 Å². The molecule has 0 aromatic heterocycles. The smallest absolute Gasteiger partial charge is 0.0431 e. The lowest BCUT2D eigenvalue weighted by atomic mass is 10.0. The van der Waals surface area contributed by atoms with E-state index >= 15 is 0 Å². The highest BCUT2D eigenvalue weighted by Gasteiger charge is 1.93. The van der Waals surface area contributed by atoms with E-state index in [0.29, 0.717) is 6.61 Å². The molecule has 0 aliphatic rings. The predicted molar refractivity (Wildman–Crippen MR) is 77.4 cm³/mol. The van der Waals surface area contributed by atoms with Crippen LogP contribution in [0.2, 0.25) is 0 Å². The summed E-state index contributed by atoms with van der Waals surface area (Å²) in [6.07, 6.45) is 19.2. The van der Waals surface area contributed by atoms with Crippen LogP contribution in [-0.2, 0) is 0 Å². The molecule has 17 heavy (non-hydrogen) atoms. The molecular weight excluding hydrogens is 209 g/mol. The monoisotopic (exact) mass is 243 g/mol. The molecular formula is C16H34O. The summed E-state index contributed by atoms with van der Waals surface area (Å²) in [5.41, 5.74) is 0. The molecule has 0 unspecified atom stereocenters. The van der Waals surface area contributed by atoms with Crippen LogP contribution >= 0.6 is 0 Å². The van der Waals surface area contributed by atoms with Crippen LogP contribution in [0.3, 0.4) is 0 Å². The first-order valence-electron chi connectivity index (χ1n) is 8.02. The second-order valence-electron chi connectivity index (χ2n) is 5.32. The van der Waals surface area contributed by atoms with Crippen molar-refractivity contribution in [3.63, 3.8) is 0 Å². The molecule has 0 bridgehead atoms. The van der Waals surface area contributed by atoms with Gasteiger partial charge in [-0.3, -0.25) is 0 Å². The molecule has 1 N–H and O–H groups in total. The largest absolute Gasteiger partial charge is 0.396 e. The normalized spacial score (nSPS) is 10.9. The van der Waals surface area contributed by atoms with Crippen LogP contribution in [0.25, 0.3) is 0 Å². The average molecular weight is 243 g/mol. The maximum Gasteiger partial charge on any atom is 0.0431 e. The van der Waals surface area contributed by atoms with Crippen molar-refractivity contribution in [3.8, 4) is 0 Å². The Morgan fingerprint density at radius 3 is 1.06 bits per heavy atom. The lowest BCUT2D eigenvalue weighted by Crippen LogP contribution is -1.84. The van der Waals surface area contributed by atoms with E-state index in [-0.39, 0.29) is 0 Å². The molecule has 0 spiro atoms. The van der Waals surface area contributed by atoms with Crippen molar-refractivity contribution in [2.24, 2.45) is 0 Å². The van der Waals surface area contributed by atoms with Gasteiger partial charge in [0.25, 0.3) is 0 Å². The van der Waals surface area contributed by atoms with Crippen LogP contribution in [-0.4, -0.2) is 11.7 Å². The fourth-order valence-corrected chi connectivity index (χ4v) is 2.31. The van der Waals surface area contributed by atoms with E-state index in [1.54, 1.807) is 0 Å². The number of aliphatic hydroxyl groups is 1. The van der Waals surface area contributed by atoms with Crippen LogP contribution in [0, 0.1) is 0 Å². The quantitative estimate of drug-likeness (QED) is 0.317. The predicted octanol–water partition coefficient (Wildman–Crippen LogP) is 5.46. The molecule has 0 rings (SSSR count). The first-order valence-corrected chi connectivity index (χ1v) is 8.02. The second kappa shape index (κ2) is 16.0. The molecule has 0 aliphatic heterocycles. The van der Waals surface area contributed by atoms with Gasteiger partial charge in [0, 0.05) is 6.61 Å². The van der Waals surface area contributed by atoms with Gasteiger partial charge in [0.1, 0.15) is 0 Å². The van der Waals surface area contributed by atoms with E-state index in [0.717, 1.165) is 6.42 Å². The zero-order valence-corrected chi connectivity index (χ0v) is 12.1. The second-order valence-corrected chi connectivity index (χ2v) is 5.32. The zero-order chi connectivity index (χ0) is 12.6. The topological polar surface area (TPSA) is 20.2 Å². The van der Waals surface area contributed by atoms with Gasteiger partial charge >= 0.3 is 0 Å². The standard InChI is InChI=1S/C16H34O/c1-2-3-4-5-6-7-8-9-10-11-12-13-14-15-16-17/h17H,2-16H2,1H3/i16+1. The van der Waals surface area contributed by atoms with Gasteiger partial charge in [-0.05, 0) is 6.42 Å². The Morgan fingerprint density at radius 2 is 0.765 bits per heavy atom. The van der Waals surface area contributed by atoms with Gasteiger partial charge < -0.3 is 5.11 Å². The number of unbranched alkanes of at least 4 members (excludes halogenated alkanes) is 13. The summed E-state index contributed by atoms with van der Waals surface area (Å²) in [7, 11) is 0. The van der Waals surface area contributed by atoms with Gasteiger partial charge in [0.05, 0.1) is 0 Å². The molecule has 0 fully saturated rings. The summed E-state index contributed by atoms with van der Waals surface area (Å²) >= 11 is 0. The highest BCUT2D eigenvalue weighted by atomic mass is 16.3. The van der Waals surface area contributed by atoms with E-state index in [2.05, 4.69) is 6.92 Å². The summed E-state index contributed by atoms with van der Waals surface area (Å²) < 4.78 is 0. The minimum Gasteiger partial charge on any atom is -0.396 e. The number of aliphatic hydroxyl groups excluding tert-OH is 1. The lowest BCUT2D eigenvalue weighted by Gasteiger charge is -2.02. The minimum absolute atomic E-state index is 0.373. The van der Waals surface area contributed by atoms with Crippen molar-refractivity contribution in [1.29, 1.82) is 0 Å². The summed E-state index contributed by atoms with van der Waals surface area (Å²) in [5, 5.41) is 8.64. The van der Waals surface area contributed by atoms with Crippen LogP contribution in [0.4, 0.5) is 0 Å². The highest BCUT2D eigenvalue weighted by Crippen LogP contribution is 2.12. The Morgan fingerprint density at radius 1 is 0.471 bits per heavy atom. The maximum absolute atomic E-state index is 8.64. The fraction of sp³-hybridized carbons (Fsp3) is 1.00. The number of rotatable bonds is 14. The van der Waals surface area contributed by atoms with E-state index in [4.69, 9.17) is 5.11 Å². The van der Waals surface area contributed by atoms with Gasteiger partial charge in [0.2, 0.25) is 0 Å². The summed E-state index contributed by atoms with van der Waals surface area (Å²) in [5.74, 6) is 0. The highest BCUT2D eigenvalue weighted by molar-refractivity contribution is 4.48. The molecule has 0 aliphatic carbocycles. The van der Waals surface area contributed by atoms with Crippen molar-refractivity contribution in [2.75, 3.05) is 6.61 Å². The molecule has 1 nitrogen and oxygen atoms in total. The van der Waals surface area contributed by atoms with Crippen molar-refractivity contribution in [2.45, 2.75) is 96.8 Å². The molecule has 104 valence electrons. The Labute approximate surface area is 109 Å². The van der Waals surface area contributed by atoms with Crippen molar-refractivity contribution < 1.29 is 5.11 Å². The zero-order valence-electron chi connectivity index (χ0n) is 12.1. The van der Waals surface area contributed by atoms with E-state index in [9.17, 15) is 0 Å². The molecule has 0 atom stereocenters. The molecule has 0 amide bonds. The van der Waals surface area contributed by atoms with Crippen molar-refractivity contribution in [3.05, 3.63) is 0 Å². The van der Waals surface area contributed by atoms with Gasteiger partial charge in [-0.1, -0.05) is 90.4 Å². The minimum atomic E-state index is 0.373. The first kappa shape index (κ1) is 17.0. The number of hydrogen-bond donors (Lipinski definition) is 1. The van der Waals surface area contributed by atoms with E-state index in [1.165, 1.54) is 83.5 Å². The van der Waals surface area contributed by atoms with Gasteiger partial charge in [-0.25, -0.2) is 0 Å². The fourth-order valence-electron chi connectivity index (χ4n) is 2.31. The summed E-state index contributed by atoms with van der Waals surface area (Å²) in [6.45, 7) is 2.65.